The van der Waals surface area contributed by atoms with Gasteiger partial charge in [0.05, 0.1) is 16.6 Å². The minimum absolute atomic E-state index is 0.140. The Bertz CT molecular complexity index is 590. The first-order valence-electron chi connectivity index (χ1n) is 7.46. The maximum Gasteiger partial charge on any atom is 0.156 e. The van der Waals surface area contributed by atoms with E-state index < -0.39 is 20.7 Å². The number of hydrogen-bond acceptors (Lipinski definition) is 4. The first-order valence-corrected chi connectivity index (χ1v) is 9.12. The number of aliphatic hydroxyl groups is 1. The van der Waals surface area contributed by atoms with Crippen molar-refractivity contribution in [2.24, 2.45) is 0 Å². The van der Waals surface area contributed by atoms with Gasteiger partial charge >= 0.3 is 0 Å². The molecule has 1 heterocycles. The summed E-state index contributed by atoms with van der Waals surface area (Å²) in [5, 5.41) is 10.2. The number of anilines is 1. The normalized spacial score (nSPS) is 20.0. The average molecular weight is 311 g/mol. The highest BCUT2D eigenvalue weighted by Crippen LogP contribution is 2.32. The summed E-state index contributed by atoms with van der Waals surface area (Å²) < 4.78 is 23.8. The van der Waals surface area contributed by atoms with Gasteiger partial charge < -0.3 is 10.0 Å². The van der Waals surface area contributed by atoms with Gasteiger partial charge in [0.25, 0.3) is 0 Å². The van der Waals surface area contributed by atoms with Crippen LogP contribution in [0.1, 0.15) is 45.3 Å². The van der Waals surface area contributed by atoms with Crippen molar-refractivity contribution in [2.45, 2.75) is 44.5 Å². The lowest BCUT2D eigenvalue weighted by Gasteiger charge is -2.27. The van der Waals surface area contributed by atoms with E-state index in [2.05, 4.69) is 4.90 Å². The summed E-state index contributed by atoms with van der Waals surface area (Å²) in [5.74, 6) is 0.140. The van der Waals surface area contributed by atoms with Crippen molar-refractivity contribution < 1.29 is 13.5 Å². The summed E-state index contributed by atoms with van der Waals surface area (Å²) >= 11 is 0. The van der Waals surface area contributed by atoms with Crippen LogP contribution in [0.25, 0.3) is 0 Å². The van der Waals surface area contributed by atoms with Crippen molar-refractivity contribution in [1.29, 1.82) is 0 Å². The molecule has 1 aliphatic heterocycles. The molecule has 0 spiro atoms. The third-order valence-corrected chi connectivity index (χ3v) is 6.69. The topological polar surface area (TPSA) is 57.6 Å². The third kappa shape index (κ3) is 3.58. The van der Waals surface area contributed by atoms with E-state index in [1.165, 1.54) is 0 Å². The van der Waals surface area contributed by atoms with Gasteiger partial charge in [0, 0.05) is 24.3 Å². The van der Waals surface area contributed by atoms with Gasteiger partial charge in [-0.2, -0.15) is 0 Å². The van der Waals surface area contributed by atoms with Crippen molar-refractivity contribution >= 4 is 15.5 Å². The second kappa shape index (κ2) is 5.97. The lowest BCUT2D eigenvalue weighted by molar-refractivity contribution is 0.168. The molecule has 1 atom stereocenters. The predicted molar refractivity (Wildman–Crippen MR) is 86.4 cm³/mol. The van der Waals surface area contributed by atoms with Crippen molar-refractivity contribution in [2.75, 3.05) is 23.7 Å². The maximum absolute atomic E-state index is 12.3. The van der Waals surface area contributed by atoms with Crippen molar-refractivity contribution in [1.82, 2.24) is 0 Å². The van der Waals surface area contributed by atoms with Crippen LogP contribution < -0.4 is 4.90 Å². The van der Waals surface area contributed by atoms with Gasteiger partial charge in [-0.3, -0.25) is 0 Å². The fraction of sp³-hybridized carbons (Fsp3) is 0.625. The largest absolute Gasteiger partial charge is 0.388 e. The number of sulfone groups is 1. The minimum Gasteiger partial charge on any atom is -0.388 e. The van der Waals surface area contributed by atoms with Gasteiger partial charge in [0.15, 0.2) is 9.84 Å². The summed E-state index contributed by atoms with van der Waals surface area (Å²) in [6, 6.07) is 7.74. The number of benzene rings is 1. The van der Waals surface area contributed by atoms with Crippen LogP contribution >= 0.6 is 0 Å². The standard InChI is InChI=1S/C16H25NO3S/c1-16(2,3)21(19,20)12-11-17-10-6-9-15(18)13-7-4-5-8-14(13)17/h4-5,7-8,15,18H,6,9-12H2,1-3H3. The third-order valence-electron chi connectivity index (χ3n) is 4.10. The molecule has 1 aromatic rings. The zero-order chi connectivity index (χ0) is 15.7. The Kier molecular flexibility index (Phi) is 4.63. The second-order valence-corrected chi connectivity index (χ2v) is 9.50. The van der Waals surface area contributed by atoms with E-state index in [0.717, 1.165) is 30.6 Å². The van der Waals surface area contributed by atoms with E-state index in [9.17, 15) is 13.5 Å². The Labute approximate surface area is 127 Å². The minimum atomic E-state index is -3.13. The number of rotatable bonds is 3. The van der Waals surface area contributed by atoms with Gasteiger partial charge in [-0.25, -0.2) is 8.42 Å². The van der Waals surface area contributed by atoms with Crippen molar-refractivity contribution in [3.63, 3.8) is 0 Å². The van der Waals surface area contributed by atoms with Gasteiger partial charge in [-0.05, 0) is 39.7 Å². The fourth-order valence-electron chi connectivity index (χ4n) is 2.58. The Hall–Kier alpha value is -1.07. The van der Waals surface area contributed by atoms with Crippen LogP contribution in [0.5, 0.6) is 0 Å². The lowest BCUT2D eigenvalue weighted by Crippen LogP contribution is -2.37. The highest BCUT2D eigenvalue weighted by molar-refractivity contribution is 7.92. The molecule has 0 fully saturated rings. The van der Waals surface area contributed by atoms with Crippen LogP contribution in [0.3, 0.4) is 0 Å². The molecule has 0 saturated carbocycles. The van der Waals surface area contributed by atoms with Crippen LogP contribution in [0, 0.1) is 0 Å². The highest BCUT2D eigenvalue weighted by atomic mass is 32.2. The molecule has 118 valence electrons. The van der Waals surface area contributed by atoms with Crippen LogP contribution in [0.15, 0.2) is 24.3 Å². The maximum atomic E-state index is 12.3. The van der Waals surface area contributed by atoms with Gasteiger partial charge in [0.1, 0.15) is 0 Å². The molecule has 0 aliphatic carbocycles. The summed E-state index contributed by atoms with van der Waals surface area (Å²) in [6.07, 6.45) is 1.13. The van der Waals surface area contributed by atoms with E-state index in [0.29, 0.717) is 6.54 Å². The summed E-state index contributed by atoms with van der Waals surface area (Å²) in [4.78, 5) is 2.09. The van der Waals surface area contributed by atoms with E-state index in [4.69, 9.17) is 0 Å². The molecule has 21 heavy (non-hydrogen) atoms. The SMILES string of the molecule is CC(C)(C)S(=O)(=O)CCN1CCCC(O)c2ccccc21. The molecule has 2 rings (SSSR count). The first kappa shape index (κ1) is 16.3. The Morgan fingerprint density at radius 3 is 2.62 bits per heavy atom. The number of nitrogens with zero attached hydrogens (tertiary/aromatic N) is 1. The molecule has 4 nitrogen and oxygen atoms in total. The summed E-state index contributed by atoms with van der Waals surface area (Å²) in [7, 11) is -3.13. The number of hydrogen-bond donors (Lipinski definition) is 1. The lowest BCUT2D eigenvalue weighted by atomic mass is 10.0. The van der Waals surface area contributed by atoms with Crippen LogP contribution in [-0.4, -0.2) is 37.1 Å². The molecule has 0 aromatic heterocycles. The molecule has 1 unspecified atom stereocenters. The Morgan fingerprint density at radius 2 is 1.95 bits per heavy atom. The zero-order valence-corrected chi connectivity index (χ0v) is 13.9. The predicted octanol–water partition coefficient (Wildman–Crippen LogP) is 2.53. The molecule has 1 N–H and O–H groups in total. The summed E-state index contributed by atoms with van der Waals surface area (Å²) in [6.45, 7) is 6.48. The van der Waals surface area contributed by atoms with Crippen molar-refractivity contribution in [3.05, 3.63) is 29.8 Å². The zero-order valence-electron chi connectivity index (χ0n) is 13.0. The second-order valence-electron chi connectivity index (χ2n) is 6.64. The molecular formula is C16H25NO3S. The van der Waals surface area contributed by atoms with E-state index in [1.807, 2.05) is 24.3 Å². The number of fused-ring (bicyclic) bond motifs is 1. The molecule has 1 aliphatic rings. The van der Waals surface area contributed by atoms with E-state index in [1.54, 1.807) is 20.8 Å². The molecule has 0 radical (unpaired) electrons. The molecule has 1 aromatic carbocycles. The highest BCUT2D eigenvalue weighted by Gasteiger charge is 2.30. The number of para-hydroxylation sites is 1. The van der Waals surface area contributed by atoms with E-state index >= 15 is 0 Å². The van der Waals surface area contributed by atoms with Gasteiger partial charge in [-0.15, -0.1) is 0 Å². The fourth-order valence-corrected chi connectivity index (χ4v) is 3.65. The van der Waals surface area contributed by atoms with Gasteiger partial charge in [0.2, 0.25) is 0 Å². The van der Waals surface area contributed by atoms with Gasteiger partial charge in [-0.1, -0.05) is 18.2 Å². The van der Waals surface area contributed by atoms with E-state index in [-0.39, 0.29) is 5.75 Å². The monoisotopic (exact) mass is 311 g/mol. The summed E-state index contributed by atoms with van der Waals surface area (Å²) in [5.41, 5.74) is 1.87. The Morgan fingerprint density at radius 1 is 1.29 bits per heavy atom. The van der Waals surface area contributed by atoms with Crippen LogP contribution in [0.2, 0.25) is 0 Å². The molecular weight excluding hydrogens is 286 g/mol. The quantitative estimate of drug-likeness (QED) is 0.932. The van der Waals surface area contributed by atoms with Crippen LogP contribution in [0.4, 0.5) is 5.69 Å². The first-order chi connectivity index (χ1) is 9.72. The molecule has 0 amide bonds. The number of aliphatic hydroxyl groups excluding tert-OH is 1. The molecule has 5 heteroatoms. The smallest absolute Gasteiger partial charge is 0.156 e. The molecule has 0 saturated heterocycles. The average Bonchev–Trinajstić information content (AvgIpc) is 2.56. The van der Waals surface area contributed by atoms with Crippen molar-refractivity contribution in [3.8, 4) is 0 Å². The Balaban J connectivity index is 2.20. The van der Waals surface area contributed by atoms with Crippen LogP contribution in [-0.2, 0) is 9.84 Å². The molecule has 0 bridgehead atoms.